The quantitative estimate of drug-likeness (QED) is 0.561. The van der Waals surface area contributed by atoms with Gasteiger partial charge in [-0.1, -0.05) is 13.8 Å². The van der Waals surface area contributed by atoms with Gasteiger partial charge >= 0.3 is 0 Å². The van der Waals surface area contributed by atoms with Crippen molar-refractivity contribution in [2.24, 2.45) is 12.0 Å². The molecule has 126 valence electrons. The first kappa shape index (κ1) is 18.6. The smallest absolute Gasteiger partial charge is 0.194 e. The molecule has 1 N–H and O–H groups in total. The third-order valence-electron chi connectivity index (χ3n) is 3.81. The summed E-state index contributed by atoms with van der Waals surface area (Å²) in [6.07, 6.45) is 3.28. The van der Waals surface area contributed by atoms with Gasteiger partial charge in [-0.3, -0.25) is 4.99 Å². The highest BCUT2D eigenvalue weighted by Gasteiger charge is 2.08. The molecule has 0 fully saturated rings. The number of guanidine groups is 1. The average molecular weight is 307 g/mol. The van der Waals surface area contributed by atoms with Crippen LogP contribution in [0.4, 0.5) is 0 Å². The molecule has 0 aliphatic rings. The Morgan fingerprint density at radius 1 is 1.27 bits per heavy atom. The van der Waals surface area contributed by atoms with Crippen LogP contribution in [-0.4, -0.2) is 60.1 Å². The van der Waals surface area contributed by atoms with E-state index >= 15 is 0 Å². The minimum absolute atomic E-state index is 0.841. The minimum atomic E-state index is 0.841. The monoisotopic (exact) mass is 307 g/mol. The van der Waals surface area contributed by atoms with Crippen molar-refractivity contribution in [1.82, 2.24) is 19.7 Å². The van der Waals surface area contributed by atoms with E-state index in [0.29, 0.717) is 0 Å². The van der Waals surface area contributed by atoms with Gasteiger partial charge in [-0.2, -0.15) is 0 Å². The van der Waals surface area contributed by atoms with Gasteiger partial charge in [-0.05, 0) is 38.6 Å². The van der Waals surface area contributed by atoms with Gasteiger partial charge in [0.25, 0.3) is 0 Å². The molecule has 0 aliphatic carbocycles. The van der Waals surface area contributed by atoms with Crippen LogP contribution in [0.2, 0.25) is 0 Å². The summed E-state index contributed by atoms with van der Waals surface area (Å²) in [6, 6.07) is 4.23. The molecular weight excluding hydrogens is 274 g/mol. The van der Waals surface area contributed by atoms with Crippen molar-refractivity contribution >= 4 is 5.96 Å². The lowest BCUT2D eigenvalue weighted by molar-refractivity contribution is 0.296. The van der Waals surface area contributed by atoms with Gasteiger partial charge in [0.1, 0.15) is 0 Å². The maximum absolute atomic E-state index is 4.77. The maximum atomic E-state index is 4.77. The zero-order chi connectivity index (χ0) is 16.4. The van der Waals surface area contributed by atoms with Gasteiger partial charge in [0, 0.05) is 39.1 Å². The SMILES string of the molecule is CCCN(CC)CCN=C(NCC)N(C)Cc1cccn1C. The minimum Gasteiger partial charge on any atom is -0.357 e. The van der Waals surface area contributed by atoms with Crippen molar-refractivity contribution in [3.05, 3.63) is 24.0 Å². The summed E-state index contributed by atoms with van der Waals surface area (Å²) in [7, 11) is 4.18. The number of aromatic nitrogens is 1. The molecule has 0 radical (unpaired) electrons. The molecule has 22 heavy (non-hydrogen) atoms. The van der Waals surface area contributed by atoms with E-state index in [9.17, 15) is 0 Å². The summed E-state index contributed by atoms with van der Waals surface area (Å²) >= 11 is 0. The fraction of sp³-hybridized carbons (Fsp3) is 0.706. The van der Waals surface area contributed by atoms with Crippen LogP contribution in [0.15, 0.2) is 23.3 Å². The van der Waals surface area contributed by atoms with E-state index in [4.69, 9.17) is 4.99 Å². The van der Waals surface area contributed by atoms with Crippen LogP contribution in [0.5, 0.6) is 0 Å². The molecule has 1 rings (SSSR count). The molecule has 1 aromatic heterocycles. The Balaban J connectivity index is 2.58. The number of aryl methyl sites for hydroxylation is 1. The van der Waals surface area contributed by atoms with E-state index in [1.807, 2.05) is 0 Å². The molecule has 0 atom stereocenters. The third kappa shape index (κ3) is 6.10. The van der Waals surface area contributed by atoms with Crippen molar-refractivity contribution in [2.45, 2.75) is 33.7 Å². The molecule has 0 saturated heterocycles. The molecule has 0 saturated carbocycles. The van der Waals surface area contributed by atoms with E-state index in [1.165, 1.54) is 12.1 Å². The van der Waals surface area contributed by atoms with Gasteiger partial charge < -0.3 is 19.7 Å². The Morgan fingerprint density at radius 3 is 2.59 bits per heavy atom. The third-order valence-corrected chi connectivity index (χ3v) is 3.81. The lowest BCUT2D eigenvalue weighted by Gasteiger charge is -2.23. The lowest BCUT2D eigenvalue weighted by Crippen LogP contribution is -2.39. The van der Waals surface area contributed by atoms with Crippen molar-refractivity contribution < 1.29 is 0 Å². The van der Waals surface area contributed by atoms with Gasteiger partial charge in [0.15, 0.2) is 5.96 Å². The Morgan fingerprint density at radius 2 is 2.05 bits per heavy atom. The van der Waals surface area contributed by atoms with Crippen LogP contribution in [0, 0.1) is 0 Å². The molecule has 0 bridgehead atoms. The first-order chi connectivity index (χ1) is 10.6. The highest BCUT2D eigenvalue weighted by molar-refractivity contribution is 5.79. The standard InChI is InChI=1S/C17H33N5/c1-6-12-22(8-3)14-11-19-17(18-7-2)21(5)15-16-10-9-13-20(16)4/h9-10,13H,6-8,11-12,14-15H2,1-5H3,(H,18,19). The second-order valence-corrected chi connectivity index (χ2v) is 5.64. The van der Waals surface area contributed by atoms with Gasteiger partial charge in [0.05, 0.1) is 13.1 Å². The molecule has 0 aromatic carbocycles. The van der Waals surface area contributed by atoms with Gasteiger partial charge in [-0.15, -0.1) is 0 Å². The molecule has 0 spiro atoms. The van der Waals surface area contributed by atoms with E-state index in [1.54, 1.807) is 0 Å². The topological polar surface area (TPSA) is 35.8 Å². The lowest BCUT2D eigenvalue weighted by atomic mass is 10.4. The predicted octanol–water partition coefficient (Wildman–Crippen LogP) is 2.15. The summed E-state index contributed by atoms with van der Waals surface area (Å²) in [6.45, 7) is 12.4. The normalized spacial score (nSPS) is 12.0. The Labute approximate surface area is 136 Å². The summed E-state index contributed by atoms with van der Waals surface area (Å²) in [5.74, 6) is 0.983. The van der Waals surface area contributed by atoms with Gasteiger partial charge in [-0.25, -0.2) is 0 Å². The van der Waals surface area contributed by atoms with Crippen LogP contribution in [0.3, 0.4) is 0 Å². The highest BCUT2D eigenvalue weighted by Crippen LogP contribution is 2.03. The van der Waals surface area contributed by atoms with Crippen LogP contribution >= 0.6 is 0 Å². The second-order valence-electron chi connectivity index (χ2n) is 5.64. The second kappa shape index (κ2) is 10.3. The fourth-order valence-electron chi connectivity index (χ4n) is 2.49. The first-order valence-corrected chi connectivity index (χ1v) is 8.44. The number of hydrogen-bond donors (Lipinski definition) is 1. The molecule has 0 amide bonds. The highest BCUT2D eigenvalue weighted by atomic mass is 15.3. The van der Waals surface area contributed by atoms with Crippen molar-refractivity contribution in [3.63, 3.8) is 0 Å². The zero-order valence-electron chi connectivity index (χ0n) is 15.0. The van der Waals surface area contributed by atoms with Crippen molar-refractivity contribution in [1.29, 1.82) is 0 Å². The van der Waals surface area contributed by atoms with Gasteiger partial charge in [0.2, 0.25) is 0 Å². The first-order valence-electron chi connectivity index (χ1n) is 8.44. The van der Waals surface area contributed by atoms with Crippen molar-refractivity contribution in [3.8, 4) is 0 Å². The Bertz CT molecular complexity index is 438. The maximum Gasteiger partial charge on any atom is 0.194 e. The summed E-state index contributed by atoms with van der Waals surface area (Å²) < 4.78 is 2.15. The molecule has 0 unspecified atom stereocenters. The van der Waals surface area contributed by atoms with Crippen LogP contribution < -0.4 is 5.32 Å². The van der Waals surface area contributed by atoms with Crippen LogP contribution in [0.25, 0.3) is 0 Å². The van der Waals surface area contributed by atoms with E-state index < -0.39 is 0 Å². The molecule has 1 heterocycles. The largest absolute Gasteiger partial charge is 0.357 e. The van der Waals surface area contributed by atoms with Crippen LogP contribution in [-0.2, 0) is 13.6 Å². The van der Waals surface area contributed by atoms with E-state index in [-0.39, 0.29) is 0 Å². The number of rotatable bonds is 9. The molecular formula is C17H33N5. The Kier molecular flexibility index (Phi) is 8.67. The number of nitrogens with zero attached hydrogens (tertiary/aromatic N) is 4. The average Bonchev–Trinajstić information content (AvgIpc) is 2.90. The summed E-state index contributed by atoms with van der Waals surface area (Å²) in [5.41, 5.74) is 1.29. The Hall–Kier alpha value is -1.49. The number of nitrogens with one attached hydrogen (secondary N) is 1. The van der Waals surface area contributed by atoms with E-state index in [0.717, 1.165) is 45.2 Å². The van der Waals surface area contributed by atoms with E-state index in [2.05, 4.69) is 72.9 Å². The predicted molar refractivity (Wildman–Crippen MR) is 95.3 cm³/mol. The fourth-order valence-corrected chi connectivity index (χ4v) is 2.49. The summed E-state index contributed by atoms with van der Waals surface area (Å²) in [4.78, 5) is 9.41. The molecule has 1 aromatic rings. The number of likely N-dealkylation sites (N-methyl/N-ethyl adjacent to an activating group) is 1. The molecule has 0 aliphatic heterocycles. The zero-order valence-corrected chi connectivity index (χ0v) is 15.0. The molecule has 5 nitrogen and oxygen atoms in total. The van der Waals surface area contributed by atoms with Crippen molar-refractivity contribution in [2.75, 3.05) is 39.8 Å². The number of hydrogen-bond acceptors (Lipinski definition) is 2. The number of aliphatic imine (C=N–C) groups is 1. The molecule has 5 heteroatoms. The van der Waals surface area contributed by atoms with Crippen LogP contribution in [0.1, 0.15) is 32.9 Å². The summed E-state index contributed by atoms with van der Waals surface area (Å²) in [5, 5.41) is 3.39.